The Balaban J connectivity index is 1.73. The van der Waals surface area contributed by atoms with Gasteiger partial charge in [0, 0.05) is 25.7 Å². The molecule has 3 rings (SSSR count). The van der Waals surface area contributed by atoms with Crippen LogP contribution >= 0.6 is 0 Å². The topological polar surface area (TPSA) is 75.3 Å². The van der Waals surface area contributed by atoms with E-state index in [1.165, 1.54) is 0 Å². The van der Waals surface area contributed by atoms with Crippen molar-refractivity contribution in [3.63, 3.8) is 0 Å². The molecular formula is C15H20N4O2. The Morgan fingerprint density at radius 2 is 2.29 bits per heavy atom. The van der Waals surface area contributed by atoms with Crippen molar-refractivity contribution in [3.8, 4) is 11.5 Å². The summed E-state index contributed by atoms with van der Waals surface area (Å²) in [4.78, 5) is 10.9. The van der Waals surface area contributed by atoms with Gasteiger partial charge in [-0.1, -0.05) is 19.0 Å². The summed E-state index contributed by atoms with van der Waals surface area (Å²) in [6.07, 6.45) is 3.10. The molecule has 1 aliphatic rings. The van der Waals surface area contributed by atoms with Crippen molar-refractivity contribution in [2.45, 2.75) is 32.8 Å². The van der Waals surface area contributed by atoms with Gasteiger partial charge in [0.15, 0.2) is 5.82 Å². The Bertz CT molecular complexity index is 594. The molecule has 0 bridgehead atoms. The third kappa shape index (κ3) is 3.21. The van der Waals surface area contributed by atoms with E-state index in [-0.39, 0.29) is 6.10 Å². The van der Waals surface area contributed by atoms with Crippen LogP contribution in [-0.2, 0) is 6.42 Å². The molecular weight excluding hydrogens is 268 g/mol. The van der Waals surface area contributed by atoms with Crippen LogP contribution in [0.15, 0.2) is 22.9 Å². The average Bonchev–Trinajstić information content (AvgIpc) is 3.08. The first kappa shape index (κ1) is 14.0. The van der Waals surface area contributed by atoms with Crippen LogP contribution in [0.1, 0.15) is 26.1 Å². The van der Waals surface area contributed by atoms with Gasteiger partial charge >= 0.3 is 0 Å². The second-order valence-electron chi connectivity index (χ2n) is 5.91. The lowest BCUT2D eigenvalue weighted by Crippen LogP contribution is -2.21. The summed E-state index contributed by atoms with van der Waals surface area (Å²) in [5.41, 5.74) is 0.820. The van der Waals surface area contributed by atoms with Gasteiger partial charge in [-0.05, 0) is 24.5 Å². The molecule has 1 aliphatic heterocycles. The summed E-state index contributed by atoms with van der Waals surface area (Å²) in [6, 6.07) is 3.86. The van der Waals surface area contributed by atoms with Crippen molar-refractivity contribution in [1.82, 2.24) is 15.1 Å². The van der Waals surface area contributed by atoms with Gasteiger partial charge in [0.25, 0.3) is 5.89 Å². The van der Waals surface area contributed by atoms with Crippen LogP contribution in [0.25, 0.3) is 11.5 Å². The number of hydrogen-bond acceptors (Lipinski definition) is 6. The number of hydrogen-bond donors (Lipinski definition) is 1. The number of rotatable bonds is 4. The lowest BCUT2D eigenvalue weighted by molar-refractivity contribution is 0.198. The molecule has 0 unspecified atom stereocenters. The van der Waals surface area contributed by atoms with Crippen molar-refractivity contribution < 1.29 is 9.63 Å². The largest absolute Gasteiger partial charge is 0.391 e. The smallest absolute Gasteiger partial charge is 0.259 e. The van der Waals surface area contributed by atoms with Crippen LogP contribution in [0.3, 0.4) is 0 Å². The van der Waals surface area contributed by atoms with Crippen LogP contribution in [-0.4, -0.2) is 39.4 Å². The fourth-order valence-corrected chi connectivity index (χ4v) is 2.47. The highest BCUT2D eigenvalue weighted by atomic mass is 16.5. The summed E-state index contributed by atoms with van der Waals surface area (Å²) in [5, 5.41) is 13.6. The maximum absolute atomic E-state index is 9.57. The van der Waals surface area contributed by atoms with Gasteiger partial charge in [-0.3, -0.25) is 0 Å². The molecule has 6 nitrogen and oxygen atoms in total. The first-order valence-corrected chi connectivity index (χ1v) is 7.34. The van der Waals surface area contributed by atoms with Crippen molar-refractivity contribution in [2.24, 2.45) is 5.92 Å². The zero-order chi connectivity index (χ0) is 14.8. The normalized spacial score (nSPS) is 18.7. The molecule has 0 spiro atoms. The van der Waals surface area contributed by atoms with E-state index in [0.717, 1.165) is 36.6 Å². The van der Waals surface area contributed by atoms with E-state index in [1.807, 2.05) is 12.1 Å². The van der Waals surface area contributed by atoms with Crippen molar-refractivity contribution in [1.29, 1.82) is 0 Å². The minimum atomic E-state index is -0.249. The fourth-order valence-electron chi connectivity index (χ4n) is 2.47. The predicted octanol–water partition coefficient (Wildman–Crippen LogP) is 1.90. The van der Waals surface area contributed by atoms with Gasteiger partial charge in [0.05, 0.1) is 11.7 Å². The molecule has 2 aromatic heterocycles. The molecule has 0 aliphatic carbocycles. The lowest BCUT2D eigenvalue weighted by atomic mass is 10.1. The molecule has 2 aromatic rings. The monoisotopic (exact) mass is 288 g/mol. The van der Waals surface area contributed by atoms with Crippen molar-refractivity contribution in [3.05, 3.63) is 24.2 Å². The van der Waals surface area contributed by atoms with Crippen LogP contribution in [0.4, 0.5) is 5.82 Å². The number of anilines is 1. The van der Waals surface area contributed by atoms with Crippen LogP contribution in [0.5, 0.6) is 0 Å². The Kier molecular flexibility index (Phi) is 3.88. The number of nitrogens with zero attached hydrogens (tertiary/aromatic N) is 4. The van der Waals surface area contributed by atoms with Gasteiger partial charge in [0.2, 0.25) is 0 Å². The van der Waals surface area contributed by atoms with E-state index >= 15 is 0 Å². The van der Waals surface area contributed by atoms with Gasteiger partial charge in [-0.2, -0.15) is 4.98 Å². The molecule has 0 saturated carbocycles. The minimum absolute atomic E-state index is 0.249. The van der Waals surface area contributed by atoms with Crippen LogP contribution in [0.2, 0.25) is 0 Å². The molecule has 0 aromatic carbocycles. The zero-order valence-electron chi connectivity index (χ0n) is 12.4. The Morgan fingerprint density at radius 3 is 2.90 bits per heavy atom. The molecule has 112 valence electrons. The van der Waals surface area contributed by atoms with E-state index in [2.05, 4.69) is 33.9 Å². The number of aliphatic hydroxyl groups is 1. The van der Waals surface area contributed by atoms with E-state index in [9.17, 15) is 5.11 Å². The molecule has 6 heteroatoms. The summed E-state index contributed by atoms with van der Waals surface area (Å²) in [6.45, 7) is 5.73. The highest BCUT2D eigenvalue weighted by Gasteiger charge is 2.21. The predicted molar refractivity (Wildman–Crippen MR) is 78.9 cm³/mol. The SMILES string of the molecule is CC(C)Cc1noc(-c2ccc(N3CC[C@H](O)C3)nc2)n1. The number of aliphatic hydroxyl groups excluding tert-OH is 1. The molecule has 1 fully saturated rings. The molecule has 3 heterocycles. The first-order chi connectivity index (χ1) is 10.1. The highest BCUT2D eigenvalue weighted by molar-refractivity contribution is 5.55. The zero-order valence-corrected chi connectivity index (χ0v) is 12.4. The third-order valence-electron chi connectivity index (χ3n) is 3.54. The van der Waals surface area contributed by atoms with Gasteiger partial charge in [-0.25, -0.2) is 4.98 Å². The summed E-state index contributed by atoms with van der Waals surface area (Å²) < 4.78 is 5.28. The molecule has 1 saturated heterocycles. The van der Waals surface area contributed by atoms with Crippen LogP contribution in [0, 0.1) is 5.92 Å². The average molecular weight is 288 g/mol. The number of β-amino-alcohol motifs (C(OH)–C–C–N with tert-alkyl or cyclic N) is 1. The summed E-state index contributed by atoms with van der Waals surface area (Å²) in [5.74, 6) is 2.60. The highest BCUT2D eigenvalue weighted by Crippen LogP contribution is 2.22. The maximum Gasteiger partial charge on any atom is 0.259 e. The van der Waals surface area contributed by atoms with Crippen molar-refractivity contribution in [2.75, 3.05) is 18.0 Å². The second kappa shape index (κ2) is 5.81. The second-order valence-corrected chi connectivity index (χ2v) is 5.91. The standard InChI is InChI=1S/C15H20N4O2/c1-10(2)7-13-17-15(21-18-13)11-3-4-14(16-8-11)19-6-5-12(20)9-19/h3-4,8,10,12,20H,5-7,9H2,1-2H3/t12-/m0/s1. The quantitative estimate of drug-likeness (QED) is 0.926. The molecule has 1 atom stereocenters. The van der Waals surface area contributed by atoms with E-state index < -0.39 is 0 Å². The third-order valence-corrected chi connectivity index (χ3v) is 3.54. The van der Waals surface area contributed by atoms with E-state index in [1.54, 1.807) is 6.20 Å². The number of pyridine rings is 1. The Morgan fingerprint density at radius 1 is 1.43 bits per heavy atom. The summed E-state index contributed by atoms with van der Waals surface area (Å²) >= 11 is 0. The molecule has 1 N–H and O–H groups in total. The van der Waals surface area contributed by atoms with Crippen LogP contribution < -0.4 is 4.90 Å². The maximum atomic E-state index is 9.57. The van der Waals surface area contributed by atoms with E-state index in [4.69, 9.17) is 4.52 Å². The van der Waals surface area contributed by atoms with E-state index in [0.29, 0.717) is 18.4 Å². The molecule has 0 radical (unpaired) electrons. The molecule has 0 amide bonds. The lowest BCUT2D eigenvalue weighted by Gasteiger charge is -2.16. The van der Waals surface area contributed by atoms with Gasteiger partial charge < -0.3 is 14.5 Å². The van der Waals surface area contributed by atoms with Crippen molar-refractivity contribution >= 4 is 5.82 Å². The minimum Gasteiger partial charge on any atom is -0.391 e. The molecule has 21 heavy (non-hydrogen) atoms. The fraction of sp³-hybridized carbons (Fsp3) is 0.533. The Labute approximate surface area is 123 Å². The number of aromatic nitrogens is 3. The van der Waals surface area contributed by atoms with Gasteiger partial charge in [-0.15, -0.1) is 0 Å². The first-order valence-electron chi connectivity index (χ1n) is 7.34. The Hall–Kier alpha value is -1.95. The summed E-state index contributed by atoms with van der Waals surface area (Å²) in [7, 11) is 0. The van der Waals surface area contributed by atoms with Gasteiger partial charge in [0.1, 0.15) is 5.82 Å².